The lowest BCUT2D eigenvalue weighted by Gasteiger charge is -2.34. The van der Waals surface area contributed by atoms with E-state index < -0.39 is 0 Å². The lowest BCUT2D eigenvalue weighted by Crippen LogP contribution is -2.48. The highest BCUT2D eigenvalue weighted by atomic mass is 79.9. The zero-order chi connectivity index (χ0) is 22.5. The van der Waals surface area contributed by atoms with Crippen molar-refractivity contribution >= 4 is 21.8 Å². The zero-order valence-corrected chi connectivity index (χ0v) is 20.2. The molecule has 0 N–H and O–H groups in total. The van der Waals surface area contributed by atoms with Gasteiger partial charge in [0, 0.05) is 56.6 Å². The van der Waals surface area contributed by atoms with E-state index in [2.05, 4.69) is 46.0 Å². The molecule has 1 aromatic heterocycles. The third-order valence-corrected chi connectivity index (χ3v) is 6.49. The topological polar surface area (TPSA) is 50.6 Å². The molecule has 168 valence electrons. The van der Waals surface area contributed by atoms with Crippen LogP contribution in [0.15, 0.2) is 59.2 Å². The fraction of sp³-hybridized carbons (Fsp3) is 0.360. The number of piperazine rings is 1. The predicted octanol–water partition coefficient (Wildman–Crippen LogP) is 4.51. The molecule has 0 unspecified atom stereocenters. The van der Waals surface area contributed by atoms with Gasteiger partial charge in [-0.25, -0.2) is 0 Å². The number of hydrogen-bond acceptors (Lipinski definition) is 4. The molecule has 1 amide bonds. The first-order valence-corrected chi connectivity index (χ1v) is 11.8. The van der Waals surface area contributed by atoms with Gasteiger partial charge in [0.1, 0.15) is 12.4 Å². The molecule has 32 heavy (non-hydrogen) atoms. The number of halogens is 1. The molecule has 0 aliphatic carbocycles. The lowest BCUT2D eigenvalue weighted by atomic mass is 10.1. The van der Waals surface area contributed by atoms with Crippen LogP contribution in [-0.4, -0.2) is 51.7 Å². The van der Waals surface area contributed by atoms with E-state index in [0.717, 1.165) is 60.7 Å². The minimum Gasteiger partial charge on any atom is -0.488 e. The van der Waals surface area contributed by atoms with Gasteiger partial charge in [-0.2, -0.15) is 5.10 Å². The van der Waals surface area contributed by atoms with Gasteiger partial charge in [0.25, 0.3) is 5.91 Å². The van der Waals surface area contributed by atoms with E-state index in [4.69, 9.17) is 4.74 Å². The van der Waals surface area contributed by atoms with Gasteiger partial charge in [0.2, 0.25) is 0 Å². The van der Waals surface area contributed by atoms with Crippen LogP contribution in [0.1, 0.15) is 34.1 Å². The first-order chi connectivity index (χ1) is 15.5. The van der Waals surface area contributed by atoms with Crippen molar-refractivity contribution in [2.45, 2.75) is 33.5 Å². The number of nitrogens with zero attached hydrogens (tertiary/aromatic N) is 4. The highest BCUT2D eigenvalue weighted by Crippen LogP contribution is 2.25. The van der Waals surface area contributed by atoms with Gasteiger partial charge in [0.05, 0.1) is 10.2 Å². The standard InChI is InChI=1S/C25H29BrN4O2/c1-3-30-17-22(19(2)27-30)16-28-11-13-29(14-12-28)25(31)21-8-6-7-20(15-21)18-32-24-10-5-4-9-23(24)26/h4-10,15,17H,3,11-14,16,18H2,1-2H3. The summed E-state index contributed by atoms with van der Waals surface area (Å²) in [7, 11) is 0. The summed E-state index contributed by atoms with van der Waals surface area (Å²) in [5, 5.41) is 4.54. The largest absolute Gasteiger partial charge is 0.488 e. The third-order valence-electron chi connectivity index (χ3n) is 5.83. The first kappa shape index (κ1) is 22.6. The van der Waals surface area contributed by atoms with Gasteiger partial charge in [0.15, 0.2) is 0 Å². The number of aromatic nitrogens is 2. The molecule has 4 rings (SSSR count). The number of ether oxygens (including phenoxy) is 1. The Kier molecular flexibility index (Phi) is 7.27. The number of carbonyl (C=O) groups excluding carboxylic acids is 1. The highest BCUT2D eigenvalue weighted by Gasteiger charge is 2.23. The van der Waals surface area contributed by atoms with Gasteiger partial charge in [-0.05, 0) is 59.6 Å². The van der Waals surface area contributed by atoms with E-state index in [1.54, 1.807) is 0 Å². The number of benzene rings is 2. The quantitative estimate of drug-likeness (QED) is 0.482. The van der Waals surface area contributed by atoms with E-state index in [-0.39, 0.29) is 5.91 Å². The van der Waals surface area contributed by atoms with E-state index in [0.29, 0.717) is 12.2 Å². The second kappa shape index (κ2) is 10.3. The van der Waals surface area contributed by atoms with Crippen molar-refractivity contribution in [3.05, 3.63) is 81.6 Å². The highest BCUT2D eigenvalue weighted by molar-refractivity contribution is 9.10. The van der Waals surface area contributed by atoms with E-state index in [9.17, 15) is 4.79 Å². The van der Waals surface area contributed by atoms with Crippen molar-refractivity contribution in [1.29, 1.82) is 0 Å². The maximum absolute atomic E-state index is 13.1. The Balaban J connectivity index is 1.32. The van der Waals surface area contributed by atoms with Crippen LogP contribution < -0.4 is 4.74 Å². The Morgan fingerprint density at radius 3 is 2.59 bits per heavy atom. The minimum atomic E-state index is 0.0855. The summed E-state index contributed by atoms with van der Waals surface area (Å²) in [6, 6.07) is 15.5. The molecule has 7 heteroatoms. The summed E-state index contributed by atoms with van der Waals surface area (Å²) in [5.41, 5.74) is 4.05. The number of hydrogen-bond donors (Lipinski definition) is 0. The van der Waals surface area contributed by atoms with Crippen LogP contribution >= 0.6 is 15.9 Å². The third kappa shape index (κ3) is 5.40. The number of para-hydroxylation sites is 1. The summed E-state index contributed by atoms with van der Waals surface area (Å²) in [4.78, 5) is 17.4. The molecule has 0 atom stereocenters. The molecule has 0 bridgehead atoms. The second-order valence-electron chi connectivity index (χ2n) is 8.08. The summed E-state index contributed by atoms with van der Waals surface area (Å²) in [6.07, 6.45) is 2.13. The van der Waals surface area contributed by atoms with E-state index in [1.165, 1.54) is 5.56 Å². The van der Waals surface area contributed by atoms with Crippen molar-refractivity contribution < 1.29 is 9.53 Å². The first-order valence-electron chi connectivity index (χ1n) is 11.0. The fourth-order valence-corrected chi connectivity index (χ4v) is 4.33. The molecule has 0 saturated carbocycles. The Bertz CT molecular complexity index is 1070. The van der Waals surface area contributed by atoms with E-state index in [1.807, 2.05) is 58.1 Å². The number of rotatable bonds is 7. The molecule has 0 radical (unpaired) electrons. The van der Waals surface area contributed by atoms with Crippen LogP contribution in [0.2, 0.25) is 0 Å². The fourth-order valence-electron chi connectivity index (χ4n) is 3.93. The smallest absolute Gasteiger partial charge is 0.253 e. The van der Waals surface area contributed by atoms with Gasteiger partial charge in [-0.1, -0.05) is 24.3 Å². The number of amides is 1. The van der Waals surface area contributed by atoms with Crippen LogP contribution in [0, 0.1) is 6.92 Å². The Morgan fingerprint density at radius 1 is 1.09 bits per heavy atom. The maximum atomic E-state index is 13.1. The van der Waals surface area contributed by atoms with Crippen molar-refractivity contribution in [2.24, 2.45) is 0 Å². The van der Waals surface area contributed by atoms with Crippen LogP contribution in [0.3, 0.4) is 0 Å². The van der Waals surface area contributed by atoms with Crippen molar-refractivity contribution in [3.63, 3.8) is 0 Å². The van der Waals surface area contributed by atoms with Crippen molar-refractivity contribution in [1.82, 2.24) is 19.6 Å². The van der Waals surface area contributed by atoms with Gasteiger partial charge >= 0.3 is 0 Å². The normalized spacial score (nSPS) is 14.5. The molecule has 1 saturated heterocycles. The number of aryl methyl sites for hydroxylation is 2. The molecular weight excluding hydrogens is 468 g/mol. The number of carbonyl (C=O) groups is 1. The van der Waals surface area contributed by atoms with Gasteiger partial charge in [-0.15, -0.1) is 0 Å². The van der Waals surface area contributed by atoms with Gasteiger partial charge < -0.3 is 9.64 Å². The Labute approximate surface area is 197 Å². The van der Waals surface area contributed by atoms with E-state index >= 15 is 0 Å². The Hall–Kier alpha value is -2.64. The molecule has 6 nitrogen and oxygen atoms in total. The molecule has 2 aromatic carbocycles. The monoisotopic (exact) mass is 496 g/mol. The Morgan fingerprint density at radius 2 is 1.88 bits per heavy atom. The zero-order valence-electron chi connectivity index (χ0n) is 18.6. The molecule has 2 heterocycles. The average Bonchev–Trinajstić information content (AvgIpc) is 3.18. The summed E-state index contributed by atoms with van der Waals surface area (Å²) in [5.74, 6) is 0.877. The summed E-state index contributed by atoms with van der Waals surface area (Å²) >= 11 is 3.50. The van der Waals surface area contributed by atoms with Crippen molar-refractivity contribution in [3.8, 4) is 5.75 Å². The van der Waals surface area contributed by atoms with Gasteiger partial charge in [-0.3, -0.25) is 14.4 Å². The molecule has 1 fully saturated rings. The molecule has 1 aliphatic heterocycles. The average molecular weight is 497 g/mol. The lowest BCUT2D eigenvalue weighted by molar-refractivity contribution is 0.0628. The predicted molar refractivity (Wildman–Crippen MR) is 129 cm³/mol. The van der Waals surface area contributed by atoms with Crippen LogP contribution in [0.25, 0.3) is 0 Å². The molecule has 0 spiro atoms. The minimum absolute atomic E-state index is 0.0855. The summed E-state index contributed by atoms with van der Waals surface area (Å²) < 4.78 is 8.81. The van der Waals surface area contributed by atoms with Crippen LogP contribution in [0.5, 0.6) is 5.75 Å². The second-order valence-corrected chi connectivity index (χ2v) is 8.94. The molecule has 3 aromatic rings. The van der Waals surface area contributed by atoms with Crippen molar-refractivity contribution in [2.75, 3.05) is 26.2 Å². The van der Waals surface area contributed by atoms with Crippen LogP contribution in [-0.2, 0) is 19.7 Å². The van der Waals surface area contributed by atoms with Crippen LogP contribution in [0.4, 0.5) is 0 Å². The maximum Gasteiger partial charge on any atom is 0.253 e. The summed E-state index contributed by atoms with van der Waals surface area (Å²) in [6.45, 7) is 9.56. The SMILES string of the molecule is CCn1cc(CN2CCN(C(=O)c3cccc(COc4ccccc4Br)c3)CC2)c(C)n1. The molecular formula is C25H29BrN4O2. The molecule has 1 aliphatic rings.